The standard InChI is InChI=1S/C14H24N2/c1-3-4-8-12-16(2)13-11-15-14-9-6-5-7-10-14/h5-7,9-10,15H,3-4,8,11-13H2,1-2H3. The van der Waals surface area contributed by atoms with Gasteiger partial charge in [0.1, 0.15) is 0 Å². The van der Waals surface area contributed by atoms with Crippen molar-refractivity contribution < 1.29 is 0 Å². The number of rotatable bonds is 8. The van der Waals surface area contributed by atoms with Crippen LogP contribution in [0.3, 0.4) is 0 Å². The highest BCUT2D eigenvalue weighted by Crippen LogP contribution is 2.04. The molecule has 0 aliphatic heterocycles. The van der Waals surface area contributed by atoms with E-state index in [0.717, 1.165) is 13.1 Å². The summed E-state index contributed by atoms with van der Waals surface area (Å²) < 4.78 is 0. The average molecular weight is 220 g/mol. The van der Waals surface area contributed by atoms with Gasteiger partial charge in [0.25, 0.3) is 0 Å². The smallest absolute Gasteiger partial charge is 0.0340 e. The maximum Gasteiger partial charge on any atom is 0.0340 e. The molecule has 0 fully saturated rings. The van der Waals surface area contributed by atoms with Crippen molar-refractivity contribution in [3.8, 4) is 0 Å². The third kappa shape index (κ3) is 5.76. The molecule has 0 bridgehead atoms. The molecule has 1 N–H and O–H groups in total. The van der Waals surface area contributed by atoms with Crippen LogP contribution < -0.4 is 5.32 Å². The topological polar surface area (TPSA) is 15.3 Å². The quantitative estimate of drug-likeness (QED) is 0.677. The lowest BCUT2D eigenvalue weighted by atomic mass is 10.2. The largest absolute Gasteiger partial charge is 0.384 e. The molecule has 1 aromatic carbocycles. The van der Waals surface area contributed by atoms with Crippen LogP contribution in [0.5, 0.6) is 0 Å². The highest BCUT2D eigenvalue weighted by atomic mass is 15.1. The van der Waals surface area contributed by atoms with Crippen molar-refractivity contribution in [3.63, 3.8) is 0 Å². The molecule has 1 rings (SSSR count). The van der Waals surface area contributed by atoms with E-state index in [-0.39, 0.29) is 0 Å². The minimum atomic E-state index is 1.02. The lowest BCUT2D eigenvalue weighted by Crippen LogP contribution is -2.26. The van der Waals surface area contributed by atoms with Gasteiger partial charge in [-0.3, -0.25) is 0 Å². The van der Waals surface area contributed by atoms with Crippen LogP contribution >= 0.6 is 0 Å². The number of benzene rings is 1. The van der Waals surface area contributed by atoms with Gasteiger partial charge < -0.3 is 10.2 Å². The van der Waals surface area contributed by atoms with E-state index in [1.807, 2.05) is 6.07 Å². The van der Waals surface area contributed by atoms with Crippen LogP contribution in [0.1, 0.15) is 26.2 Å². The molecule has 1 aromatic rings. The van der Waals surface area contributed by atoms with Crippen LogP contribution in [0, 0.1) is 0 Å². The molecule has 2 nitrogen and oxygen atoms in total. The molecule has 90 valence electrons. The minimum Gasteiger partial charge on any atom is -0.384 e. The van der Waals surface area contributed by atoms with Gasteiger partial charge in [-0.1, -0.05) is 38.0 Å². The summed E-state index contributed by atoms with van der Waals surface area (Å²) in [5.41, 5.74) is 1.21. The molecule has 0 atom stereocenters. The van der Waals surface area contributed by atoms with Crippen LogP contribution in [0.4, 0.5) is 5.69 Å². The summed E-state index contributed by atoms with van der Waals surface area (Å²) in [5.74, 6) is 0. The lowest BCUT2D eigenvalue weighted by molar-refractivity contribution is 0.337. The van der Waals surface area contributed by atoms with Crippen LogP contribution in [0.15, 0.2) is 30.3 Å². The highest BCUT2D eigenvalue weighted by Gasteiger charge is 1.97. The monoisotopic (exact) mass is 220 g/mol. The van der Waals surface area contributed by atoms with Crippen molar-refractivity contribution in [2.45, 2.75) is 26.2 Å². The molecule has 0 heterocycles. The van der Waals surface area contributed by atoms with Gasteiger partial charge >= 0.3 is 0 Å². The highest BCUT2D eigenvalue weighted by molar-refractivity contribution is 5.42. The van der Waals surface area contributed by atoms with Gasteiger partial charge in [-0.15, -0.1) is 0 Å². The van der Waals surface area contributed by atoms with Gasteiger partial charge in [0.2, 0.25) is 0 Å². The fraction of sp³-hybridized carbons (Fsp3) is 0.571. The second kappa shape index (κ2) is 8.17. The van der Waals surface area contributed by atoms with Gasteiger partial charge in [0.05, 0.1) is 0 Å². The molecule has 0 saturated carbocycles. The summed E-state index contributed by atoms with van der Waals surface area (Å²) in [6, 6.07) is 10.4. The van der Waals surface area contributed by atoms with Gasteiger partial charge in [0.15, 0.2) is 0 Å². The molecule has 0 spiro atoms. The van der Waals surface area contributed by atoms with Crippen molar-refractivity contribution in [1.82, 2.24) is 4.90 Å². The van der Waals surface area contributed by atoms with E-state index in [1.165, 1.54) is 31.5 Å². The molecular weight excluding hydrogens is 196 g/mol. The Balaban J connectivity index is 2.06. The number of hydrogen-bond acceptors (Lipinski definition) is 2. The van der Waals surface area contributed by atoms with E-state index in [9.17, 15) is 0 Å². The Hall–Kier alpha value is -1.02. The van der Waals surface area contributed by atoms with E-state index in [2.05, 4.69) is 48.5 Å². The summed E-state index contributed by atoms with van der Waals surface area (Å²) in [4.78, 5) is 2.39. The second-order valence-corrected chi connectivity index (χ2v) is 4.30. The summed E-state index contributed by atoms with van der Waals surface area (Å²) in [5, 5.41) is 3.42. The second-order valence-electron chi connectivity index (χ2n) is 4.30. The first-order valence-electron chi connectivity index (χ1n) is 6.30. The molecule has 0 aliphatic rings. The maximum absolute atomic E-state index is 3.42. The zero-order valence-electron chi connectivity index (χ0n) is 10.6. The Labute approximate surface area is 99.7 Å². The number of likely N-dealkylation sites (N-methyl/N-ethyl adjacent to an activating group) is 1. The van der Waals surface area contributed by atoms with Crippen molar-refractivity contribution in [2.75, 3.05) is 32.0 Å². The maximum atomic E-state index is 3.42. The van der Waals surface area contributed by atoms with Gasteiger partial charge in [-0.2, -0.15) is 0 Å². The van der Waals surface area contributed by atoms with E-state index < -0.39 is 0 Å². The molecular formula is C14H24N2. The minimum absolute atomic E-state index is 1.02. The third-order valence-electron chi connectivity index (χ3n) is 2.74. The predicted molar refractivity (Wildman–Crippen MR) is 72.0 cm³/mol. The van der Waals surface area contributed by atoms with Crippen LogP contribution in [0.25, 0.3) is 0 Å². The zero-order valence-corrected chi connectivity index (χ0v) is 10.6. The van der Waals surface area contributed by atoms with Gasteiger partial charge in [-0.05, 0) is 32.1 Å². The molecule has 0 saturated heterocycles. The average Bonchev–Trinajstić information content (AvgIpc) is 2.31. The summed E-state index contributed by atoms with van der Waals surface area (Å²) in [7, 11) is 2.20. The van der Waals surface area contributed by atoms with Crippen molar-refractivity contribution in [2.24, 2.45) is 0 Å². The Morgan fingerprint density at radius 2 is 1.81 bits per heavy atom. The molecule has 0 unspecified atom stereocenters. The number of anilines is 1. The van der Waals surface area contributed by atoms with E-state index in [4.69, 9.17) is 0 Å². The Kier molecular flexibility index (Phi) is 6.66. The molecule has 0 aliphatic carbocycles. The van der Waals surface area contributed by atoms with Crippen molar-refractivity contribution >= 4 is 5.69 Å². The van der Waals surface area contributed by atoms with Crippen molar-refractivity contribution in [3.05, 3.63) is 30.3 Å². The Bertz CT molecular complexity index is 259. The zero-order chi connectivity index (χ0) is 11.6. The fourth-order valence-corrected chi connectivity index (χ4v) is 1.69. The van der Waals surface area contributed by atoms with Gasteiger partial charge in [-0.25, -0.2) is 0 Å². The summed E-state index contributed by atoms with van der Waals surface area (Å²) >= 11 is 0. The van der Waals surface area contributed by atoms with Crippen LogP contribution in [0.2, 0.25) is 0 Å². The lowest BCUT2D eigenvalue weighted by Gasteiger charge is -2.17. The number of nitrogens with one attached hydrogen (secondary N) is 1. The SMILES string of the molecule is CCCCCN(C)CCNc1ccccc1. The van der Waals surface area contributed by atoms with E-state index >= 15 is 0 Å². The third-order valence-corrected chi connectivity index (χ3v) is 2.74. The first-order chi connectivity index (χ1) is 7.83. The summed E-state index contributed by atoms with van der Waals surface area (Å²) in [6.45, 7) is 5.59. The fourth-order valence-electron chi connectivity index (χ4n) is 1.69. The number of nitrogens with zero attached hydrogens (tertiary/aromatic N) is 1. The van der Waals surface area contributed by atoms with Crippen LogP contribution in [-0.2, 0) is 0 Å². The number of unbranched alkanes of at least 4 members (excludes halogenated alkanes) is 2. The molecule has 0 radical (unpaired) electrons. The summed E-state index contributed by atoms with van der Waals surface area (Å²) in [6.07, 6.45) is 3.96. The Morgan fingerprint density at radius 1 is 1.06 bits per heavy atom. The molecule has 16 heavy (non-hydrogen) atoms. The van der Waals surface area contributed by atoms with Crippen LogP contribution in [-0.4, -0.2) is 31.6 Å². The first-order valence-corrected chi connectivity index (χ1v) is 6.30. The number of para-hydroxylation sites is 1. The normalized spacial score (nSPS) is 10.7. The molecule has 2 heteroatoms. The molecule has 0 aromatic heterocycles. The molecule has 0 amide bonds. The first kappa shape index (κ1) is 13.0. The van der Waals surface area contributed by atoms with Gasteiger partial charge in [0, 0.05) is 18.8 Å². The Morgan fingerprint density at radius 3 is 2.50 bits per heavy atom. The predicted octanol–water partition coefficient (Wildman–Crippen LogP) is 3.22. The van der Waals surface area contributed by atoms with Crippen molar-refractivity contribution in [1.29, 1.82) is 0 Å². The van der Waals surface area contributed by atoms with E-state index in [0.29, 0.717) is 0 Å². The number of hydrogen-bond donors (Lipinski definition) is 1. The van der Waals surface area contributed by atoms with E-state index in [1.54, 1.807) is 0 Å².